The lowest BCUT2D eigenvalue weighted by atomic mass is 9.89. The average molecular weight is 206 g/mol. The molecule has 0 unspecified atom stereocenters. The lowest BCUT2D eigenvalue weighted by molar-refractivity contribution is -0.106. The molecule has 1 fully saturated rings. The van der Waals surface area contributed by atoms with Crippen LogP contribution >= 0.6 is 0 Å². The third-order valence-corrected chi connectivity index (χ3v) is 2.88. The van der Waals surface area contributed by atoms with Crippen LogP contribution in [0.2, 0.25) is 0 Å². The number of aromatic nitrogens is 1. The van der Waals surface area contributed by atoms with Crippen LogP contribution in [0.3, 0.4) is 0 Å². The van der Waals surface area contributed by atoms with Crippen LogP contribution < -0.4 is 0 Å². The number of β-amino-alcohol motifs (C(OH)–C–C–N with tert-alkyl or cyclic N) is 1. The summed E-state index contributed by atoms with van der Waals surface area (Å²) in [7, 11) is 0. The normalized spacial score (nSPS) is 19.9. The summed E-state index contributed by atoms with van der Waals surface area (Å²) in [6.45, 7) is 4.62. The van der Waals surface area contributed by atoms with Gasteiger partial charge in [0.05, 0.1) is 5.60 Å². The number of hydrogen-bond acceptors (Lipinski definition) is 3. The molecule has 0 atom stereocenters. The predicted octanol–water partition coefficient (Wildman–Crippen LogP) is 1.43. The predicted molar refractivity (Wildman–Crippen MR) is 59.4 cm³/mol. The highest BCUT2D eigenvalue weighted by molar-refractivity contribution is 5.10. The van der Waals surface area contributed by atoms with Gasteiger partial charge in [-0.05, 0) is 18.1 Å². The van der Waals surface area contributed by atoms with Crippen molar-refractivity contribution in [2.75, 3.05) is 13.1 Å². The van der Waals surface area contributed by atoms with E-state index >= 15 is 0 Å². The van der Waals surface area contributed by atoms with Crippen molar-refractivity contribution in [2.45, 2.75) is 31.9 Å². The van der Waals surface area contributed by atoms with Gasteiger partial charge in [0.2, 0.25) is 0 Å². The van der Waals surface area contributed by atoms with E-state index in [9.17, 15) is 5.11 Å². The van der Waals surface area contributed by atoms with Crippen molar-refractivity contribution in [3.8, 4) is 0 Å². The second-order valence-corrected chi connectivity index (χ2v) is 4.48. The summed E-state index contributed by atoms with van der Waals surface area (Å²) in [5.74, 6) is 0. The summed E-state index contributed by atoms with van der Waals surface area (Å²) >= 11 is 0. The van der Waals surface area contributed by atoms with Gasteiger partial charge in [-0.1, -0.05) is 19.4 Å². The van der Waals surface area contributed by atoms with Gasteiger partial charge in [-0.25, -0.2) is 0 Å². The lowest BCUT2D eigenvalue weighted by Crippen LogP contribution is -2.60. The Labute approximate surface area is 90.8 Å². The molecular formula is C12H18N2O. The van der Waals surface area contributed by atoms with Crippen LogP contribution in [0.15, 0.2) is 24.5 Å². The second-order valence-electron chi connectivity index (χ2n) is 4.48. The van der Waals surface area contributed by atoms with Gasteiger partial charge in [-0.3, -0.25) is 9.88 Å². The minimum absolute atomic E-state index is 0.420. The Morgan fingerprint density at radius 2 is 2.33 bits per heavy atom. The molecule has 15 heavy (non-hydrogen) atoms. The second kappa shape index (κ2) is 4.29. The third-order valence-electron chi connectivity index (χ3n) is 2.88. The Kier molecular flexibility index (Phi) is 3.03. The zero-order valence-corrected chi connectivity index (χ0v) is 9.19. The van der Waals surface area contributed by atoms with Crippen molar-refractivity contribution in [3.63, 3.8) is 0 Å². The van der Waals surface area contributed by atoms with Gasteiger partial charge in [0.1, 0.15) is 0 Å². The molecule has 0 amide bonds. The molecule has 0 saturated carbocycles. The Morgan fingerprint density at radius 1 is 1.53 bits per heavy atom. The van der Waals surface area contributed by atoms with Crippen molar-refractivity contribution in [3.05, 3.63) is 30.1 Å². The van der Waals surface area contributed by atoms with Gasteiger partial charge in [0.25, 0.3) is 0 Å². The molecule has 1 aliphatic rings. The maximum absolute atomic E-state index is 10.0. The van der Waals surface area contributed by atoms with Gasteiger partial charge in [0.15, 0.2) is 0 Å². The monoisotopic (exact) mass is 206 g/mol. The van der Waals surface area contributed by atoms with E-state index in [1.807, 2.05) is 12.3 Å². The highest BCUT2D eigenvalue weighted by Gasteiger charge is 2.39. The molecule has 3 nitrogen and oxygen atoms in total. The van der Waals surface area contributed by atoms with Gasteiger partial charge in [-0.2, -0.15) is 0 Å². The first-order chi connectivity index (χ1) is 7.22. The van der Waals surface area contributed by atoms with Crippen LogP contribution in [0.4, 0.5) is 0 Å². The van der Waals surface area contributed by atoms with E-state index < -0.39 is 5.60 Å². The summed E-state index contributed by atoms with van der Waals surface area (Å²) in [5.41, 5.74) is 0.799. The zero-order chi connectivity index (χ0) is 10.7. The summed E-state index contributed by atoms with van der Waals surface area (Å²) in [4.78, 5) is 6.34. The maximum atomic E-state index is 10.0. The molecule has 0 radical (unpaired) electrons. The fraction of sp³-hybridized carbons (Fsp3) is 0.583. The average Bonchev–Trinajstić information content (AvgIpc) is 2.17. The van der Waals surface area contributed by atoms with Crippen molar-refractivity contribution < 1.29 is 5.11 Å². The highest BCUT2D eigenvalue weighted by atomic mass is 16.3. The minimum Gasteiger partial charge on any atom is -0.387 e. The molecule has 0 aliphatic carbocycles. The van der Waals surface area contributed by atoms with Crippen molar-refractivity contribution >= 4 is 0 Å². The molecule has 1 N–H and O–H groups in total. The van der Waals surface area contributed by atoms with Crippen LogP contribution in [0.5, 0.6) is 0 Å². The summed E-state index contributed by atoms with van der Waals surface area (Å²) in [5, 5.41) is 10.0. The Morgan fingerprint density at radius 3 is 2.93 bits per heavy atom. The number of hydrogen-bond donors (Lipinski definition) is 1. The molecule has 1 aromatic rings. The number of nitrogens with zero attached hydrogens (tertiary/aromatic N) is 2. The molecule has 2 rings (SSSR count). The molecular weight excluding hydrogens is 188 g/mol. The first kappa shape index (κ1) is 10.6. The van der Waals surface area contributed by atoms with E-state index in [1.165, 1.54) is 5.56 Å². The van der Waals surface area contributed by atoms with E-state index in [1.54, 1.807) is 6.20 Å². The summed E-state index contributed by atoms with van der Waals surface area (Å²) < 4.78 is 0. The number of aliphatic hydroxyl groups is 1. The van der Waals surface area contributed by atoms with E-state index in [2.05, 4.69) is 22.9 Å². The van der Waals surface area contributed by atoms with E-state index in [0.717, 1.165) is 32.5 Å². The van der Waals surface area contributed by atoms with Crippen LogP contribution in [0.25, 0.3) is 0 Å². The largest absolute Gasteiger partial charge is 0.387 e. The van der Waals surface area contributed by atoms with E-state index in [-0.39, 0.29) is 0 Å². The fourth-order valence-electron chi connectivity index (χ4n) is 2.27. The molecule has 0 spiro atoms. The molecule has 0 aromatic carbocycles. The number of likely N-dealkylation sites (tertiary alicyclic amines) is 1. The smallest absolute Gasteiger partial charge is 0.0900 e. The first-order valence-electron chi connectivity index (χ1n) is 5.55. The lowest BCUT2D eigenvalue weighted by Gasteiger charge is -2.46. The maximum Gasteiger partial charge on any atom is 0.0900 e. The Hall–Kier alpha value is -0.930. The summed E-state index contributed by atoms with van der Waals surface area (Å²) in [6.07, 6.45) is 5.64. The van der Waals surface area contributed by atoms with Gasteiger partial charge in [0, 0.05) is 32.0 Å². The van der Waals surface area contributed by atoms with Gasteiger partial charge < -0.3 is 5.11 Å². The Bertz CT molecular complexity index is 307. The first-order valence-corrected chi connectivity index (χ1v) is 5.55. The molecule has 1 aliphatic heterocycles. The van der Waals surface area contributed by atoms with Crippen LogP contribution in [-0.4, -0.2) is 33.7 Å². The van der Waals surface area contributed by atoms with E-state index in [4.69, 9.17) is 0 Å². The highest BCUT2D eigenvalue weighted by Crippen LogP contribution is 2.26. The topological polar surface area (TPSA) is 36.4 Å². The van der Waals surface area contributed by atoms with Crippen molar-refractivity contribution in [2.24, 2.45) is 0 Å². The van der Waals surface area contributed by atoms with Crippen LogP contribution in [0, 0.1) is 0 Å². The fourth-order valence-corrected chi connectivity index (χ4v) is 2.27. The molecule has 1 aromatic heterocycles. The number of rotatable bonds is 4. The van der Waals surface area contributed by atoms with Crippen molar-refractivity contribution in [1.82, 2.24) is 9.88 Å². The molecule has 3 heteroatoms. The standard InChI is InChI=1S/C12H18N2O/c1-2-5-12(15)9-14(10-12)8-11-4-3-6-13-7-11/h3-4,6-7,15H,2,5,8-10H2,1H3. The molecule has 2 heterocycles. The van der Waals surface area contributed by atoms with Gasteiger partial charge >= 0.3 is 0 Å². The zero-order valence-electron chi connectivity index (χ0n) is 9.19. The molecule has 82 valence electrons. The molecule has 0 bridgehead atoms. The molecule has 1 saturated heterocycles. The van der Waals surface area contributed by atoms with E-state index in [0.29, 0.717) is 0 Å². The number of pyridine rings is 1. The van der Waals surface area contributed by atoms with Gasteiger partial charge in [-0.15, -0.1) is 0 Å². The summed E-state index contributed by atoms with van der Waals surface area (Å²) in [6, 6.07) is 4.03. The third kappa shape index (κ3) is 2.55. The Balaban J connectivity index is 1.81. The SMILES string of the molecule is CCCC1(O)CN(Cc2cccnc2)C1. The van der Waals surface area contributed by atoms with Crippen molar-refractivity contribution in [1.29, 1.82) is 0 Å². The van der Waals surface area contributed by atoms with Crippen LogP contribution in [0.1, 0.15) is 25.3 Å². The minimum atomic E-state index is -0.420. The van der Waals surface area contributed by atoms with Crippen LogP contribution in [-0.2, 0) is 6.54 Å². The quantitative estimate of drug-likeness (QED) is 0.809.